The van der Waals surface area contributed by atoms with Crippen molar-refractivity contribution in [2.24, 2.45) is 0 Å². The van der Waals surface area contributed by atoms with Crippen LogP contribution in [0.1, 0.15) is 18.4 Å². The third kappa shape index (κ3) is 1.52. The highest BCUT2D eigenvalue weighted by atomic mass is 16.5. The van der Waals surface area contributed by atoms with Crippen LogP contribution in [-0.2, 0) is 14.9 Å². The van der Waals surface area contributed by atoms with Crippen LogP contribution in [0.3, 0.4) is 0 Å². The van der Waals surface area contributed by atoms with Crippen molar-refractivity contribution in [3.05, 3.63) is 23.8 Å². The number of carbonyl (C=O) groups is 1. The average molecular weight is 232 g/mol. The number of rotatable bonds is 3. The van der Waals surface area contributed by atoms with Gasteiger partial charge in [-0.15, -0.1) is 0 Å². The van der Waals surface area contributed by atoms with Crippen LogP contribution in [0.25, 0.3) is 0 Å². The maximum Gasteiger partial charge on any atom is 0.225 e. The Balaban J connectivity index is 2.08. The normalized spacial score (nSPS) is 25.1. The molecule has 0 saturated carbocycles. The Morgan fingerprint density at radius 1 is 1.41 bits per heavy atom. The highest BCUT2D eigenvalue weighted by Crippen LogP contribution is 2.48. The van der Waals surface area contributed by atoms with E-state index in [-0.39, 0.29) is 11.3 Å². The minimum atomic E-state index is -0.0791. The monoisotopic (exact) mass is 232 g/mol. The van der Waals surface area contributed by atoms with Gasteiger partial charge in [-0.3, -0.25) is 4.79 Å². The van der Waals surface area contributed by atoms with Gasteiger partial charge in [-0.05, 0) is 18.6 Å². The smallest absolute Gasteiger partial charge is 0.225 e. The summed E-state index contributed by atoms with van der Waals surface area (Å²) in [6, 6.07) is 6.02. The first-order chi connectivity index (χ1) is 8.25. The summed E-state index contributed by atoms with van der Waals surface area (Å²) in [6.07, 6.45) is 1.43. The largest absolute Gasteiger partial charge is 0.385 e. The fourth-order valence-electron chi connectivity index (χ4n) is 2.98. The Labute approximate surface area is 100 Å². The molecule has 0 fully saturated rings. The molecule has 1 aromatic carbocycles. The average Bonchev–Trinajstić information content (AvgIpc) is 2.68. The van der Waals surface area contributed by atoms with E-state index in [1.165, 1.54) is 5.56 Å². The van der Waals surface area contributed by atoms with Crippen molar-refractivity contribution in [3.8, 4) is 0 Å². The molecular formula is C13H16N2O2. The molecule has 0 aliphatic carbocycles. The minimum absolute atomic E-state index is 0.0791. The van der Waals surface area contributed by atoms with Crippen molar-refractivity contribution in [3.63, 3.8) is 0 Å². The number of nitrogens with one attached hydrogen (secondary N) is 2. The third-order valence-electron chi connectivity index (χ3n) is 3.77. The Hall–Kier alpha value is -1.55. The Morgan fingerprint density at radius 2 is 2.24 bits per heavy atom. The van der Waals surface area contributed by atoms with Crippen LogP contribution in [0.5, 0.6) is 0 Å². The second kappa shape index (κ2) is 3.74. The molecule has 0 bridgehead atoms. The van der Waals surface area contributed by atoms with Gasteiger partial charge in [0.2, 0.25) is 5.91 Å². The number of anilines is 2. The molecule has 90 valence electrons. The van der Waals surface area contributed by atoms with E-state index in [0.29, 0.717) is 13.0 Å². The van der Waals surface area contributed by atoms with Gasteiger partial charge in [-0.1, -0.05) is 6.07 Å². The summed E-state index contributed by atoms with van der Waals surface area (Å²) in [6.45, 7) is 1.51. The van der Waals surface area contributed by atoms with Gasteiger partial charge in [0, 0.05) is 49.0 Å². The van der Waals surface area contributed by atoms with Crippen LogP contribution in [0.4, 0.5) is 11.4 Å². The van der Waals surface area contributed by atoms with E-state index in [9.17, 15) is 4.79 Å². The number of benzene rings is 1. The van der Waals surface area contributed by atoms with Crippen molar-refractivity contribution >= 4 is 17.3 Å². The summed E-state index contributed by atoms with van der Waals surface area (Å²) in [5.41, 5.74) is 3.29. The van der Waals surface area contributed by atoms with Crippen LogP contribution in [0, 0.1) is 0 Å². The summed E-state index contributed by atoms with van der Waals surface area (Å²) in [4.78, 5) is 11.8. The second-order valence-electron chi connectivity index (χ2n) is 4.83. The molecule has 17 heavy (non-hydrogen) atoms. The van der Waals surface area contributed by atoms with E-state index in [1.54, 1.807) is 7.11 Å². The summed E-state index contributed by atoms with van der Waals surface area (Å²) >= 11 is 0. The predicted molar refractivity (Wildman–Crippen MR) is 66.3 cm³/mol. The first kappa shape index (κ1) is 10.6. The SMILES string of the molecule is COCCC12CNc3cccc(c31)NC(=O)C2. The fourth-order valence-corrected chi connectivity index (χ4v) is 2.98. The molecule has 0 saturated heterocycles. The molecule has 2 heterocycles. The predicted octanol–water partition coefficient (Wildman–Crippen LogP) is 1.73. The lowest BCUT2D eigenvalue weighted by atomic mass is 9.74. The van der Waals surface area contributed by atoms with Crippen molar-refractivity contribution in [1.82, 2.24) is 0 Å². The molecule has 0 radical (unpaired) electrons. The topological polar surface area (TPSA) is 50.4 Å². The molecule has 0 spiro atoms. The quantitative estimate of drug-likeness (QED) is 0.834. The lowest BCUT2D eigenvalue weighted by Crippen LogP contribution is -2.39. The first-order valence-electron chi connectivity index (χ1n) is 5.91. The molecular weight excluding hydrogens is 216 g/mol. The van der Waals surface area contributed by atoms with E-state index in [0.717, 1.165) is 24.3 Å². The maximum atomic E-state index is 11.8. The van der Waals surface area contributed by atoms with E-state index >= 15 is 0 Å². The zero-order chi connectivity index (χ0) is 11.9. The lowest BCUT2D eigenvalue weighted by Gasteiger charge is -2.34. The molecule has 4 nitrogen and oxygen atoms in total. The number of hydrogen-bond acceptors (Lipinski definition) is 3. The summed E-state index contributed by atoms with van der Waals surface area (Å²) in [5.74, 6) is 0.106. The molecule has 1 amide bonds. The Bertz CT molecular complexity index is 472. The number of carbonyl (C=O) groups excluding carboxylic acids is 1. The zero-order valence-electron chi connectivity index (χ0n) is 9.88. The lowest BCUT2D eigenvalue weighted by molar-refractivity contribution is -0.117. The standard InChI is InChI=1S/C13H16N2O2/c1-17-6-5-13-7-11(16)15-10-4-2-3-9(12(10)13)14-8-13/h2-4,14H,5-8H2,1H3,(H,15,16). The molecule has 4 heteroatoms. The first-order valence-corrected chi connectivity index (χ1v) is 5.91. The highest BCUT2D eigenvalue weighted by molar-refractivity contribution is 5.98. The summed E-state index contributed by atoms with van der Waals surface area (Å²) in [7, 11) is 1.70. The van der Waals surface area contributed by atoms with Gasteiger partial charge in [0.05, 0.1) is 0 Å². The van der Waals surface area contributed by atoms with Gasteiger partial charge in [-0.25, -0.2) is 0 Å². The van der Waals surface area contributed by atoms with Crippen LogP contribution in [-0.4, -0.2) is 26.2 Å². The molecule has 2 aliphatic rings. The molecule has 3 rings (SSSR count). The van der Waals surface area contributed by atoms with Gasteiger partial charge < -0.3 is 15.4 Å². The van der Waals surface area contributed by atoms with E-state index < -0.39 is 0 Å². The van der Waals surface area contributed by atoms with E-state index in [4.69, 9.17) is 4.74 Å². The van der Waals surface area contributed by atoms with Crippen molar-refractivity contribution in [2.45, 2.75) is 18.3 Å². The van der Waals surface area contributed by atoms with E-state index in [1.807, 2.05) is 12.1 Å². The number of amides is 1. The van der Waals surface area contributed by atoms with Crippen molar-refractivity contribution < 1.29 is 9.53 Å². The van der Waals surface area contributed by atoms with Gasteiger partial charge in [0.25, 0.3) is 0 Å². The van der Waals surface area contributed by atoms with Crippen LogP contribution >= 0.6 is 0 Å². The maximum absolute atomic E-state index is 11.8. The fraction of sp³-hybridized carbons (Fsp3) is 0.462. The molecule has 0 aromatic heterocycles. The van der Waals surface area contributed by atoms with Gasteiger partial charge in [-0.2, -0.15) is 0 Å². The van der Waals surface area contributed by atoms with Crippen LogP contribution < -0.4 is 10.6 Å². The minimum Gasteiger partial charge on any atom is -0.385 e. The van der Waals surface area contributed by atoms with Crippen LogP contribution in [0.15, 0.2) is 18.2 Å². The number of hydrogen-bond donors (Lipinski definition) is 2. The number of ether oxygens (including phenoxy) is 1. The van der Waals surface area contributed by atoms with Gasteiger partial charge in [0.1, 0.15) is 0 Å². The molecule has 1 atom stereocenters. The van der Waals surface area contributed by atoms with E-state index in [2.05, 4.69) is 16.7 Å². The Kier molecular flexibility index (Phi) is 2.33. The van der Waals surface area contributed by atoms with Crippen LogP contribution in [0.2, 0.25) is 0 Å². The number of methoxy groups -OCH3 is 1. The molecule has 1 aromatic rings. The third-order valence-corrected chi connectivity index (χ3v) is 3.77. The molecule has 1 unspecified atom stereocenters. The Morgan fingerprint density at radius 3 is 3.06 bits per heavy atom. The molecule has 2 aliphatic heterocycles. The summed E-state index contributed by atoms with van der Waals surface area (Å²) in [5, 5.41) is 6.36. The van der Waals surface area contributed by atoms with Gasteiger partial charge in [0.15, 0.2) is 0 Å². The second-order valence-corrected chi connectivity index (χ2v) is 4.83. The zero-order valence-corrected chi connectivity index (χ0v) is 9.88. The summed E-state index contributed by atoms with van der Waals surface area (Å²) < 4.78 is 5.19. The van der Waals surface area contributed by atoms with Crippen molar-refractivity contribution in [1.29, 1.82) is 0 Å². The van der Waals surface area contributed by atoms with Gasteiger partial charge >= 0.3 is 0 Å². The van der Waals surface area contributed by atoms with Crippen molar-refractivity contribution in [2.75, 3.05) is 30.9 Å². The highest BCUT2D eigenvalue weighted by Gasteiger charge is 2.44. The molecule has 2 N–H and O–H groups in total.